The van der Waals surface area contributed by atoms with Crippen molar-refractivity contribution in [1.82, 2.24) is 9.97 Å². The van der Waals surface area contributed by atoms with Crippen LogP contribution in [0.5, 0.6) is 0 Å². The van der Waals surface area contributed by atoms with Crippen LogP contribution in [-0.4, -0.2) is 9.97 Å². The third-order valence-corrected chi connectivity index (χ3v) is 3.52. The van der Waals surface area contributed by atoms with Crippen LogP contribution in [0.25, 0.3) is 0 Å². The van der Waals surface area contributed by atoms with Gasteiger partial charge in [-0.25, -0.2) is 4.98 Å². The van der Waals surface area contributed by atoms with E-state index in [0.717, 1.165) is 15.8 Å². The van der Waals surface area contributed by atoms with E-state index >= 15 is 0 Å². The number of aromatic nitrogens is 2. The predicted octanol–water partition coefficient (Wildman–Crippen LogP) is 4.60. The SMILES string of the molecule is N#Cc1ccc(Nc2nccc(Nc3cccc(Br)c3)n2)cc1. The Labute approximate surface area is 142 Å². The minimum absolute atomic E-state index is 0.481. The van der Waals surface area contributed by atoms with Crippen molar-refractivity contribution in [3.05, 3.63) is 70.8 Å². The first-order valence-corrected chi connectivity index (χ1v) is 7.65. The summed E-state index contributed by atoms with van der Waals surface area (Å²) in [5.74, 6) is 1.17. The first kappa shape index (κ1) is 15.0. The minimum atomic E-state index is 0.481. The molecule has 2 N–H and O–H groups in total. The highest BCUT2D eigenvalue weighted by atomic mass is 79.9. The molecule has 0 aliphatic carbocycles. The van der Waals surface area contributed by atoms with Gasteiger partial charge in [0.25, 0.3) is 0 Å². The van der Waals surface area contributed by atoms with Crippen LogP contribution in [0.15, 0.2) is 65.3 Å². The Bertz CT molecular complexity index is 855. The smallest absolute Gasteiger partial charge is 0.229 e. The molecule has 0 atom stereocenters. The van der Waals surface area contributed by atoms with Gasteiger partial charge in [-0.15, -0.1) is 0 Å². The monoisotopic (exact) mass is 365 g/mol. The van der Waals surface area contributed by atoms with Crippen LogP contribution in [0, 0.1) is 11.3 Å². The van der Waals surface area contributed by atoms with E-state index in [2.05, 4.69) is 42.6 Å². The van der Waals surface area contributed by atoms with Gasteiger partial charge >= 0.3 is 0 Å². The van der Waals surface area contributed by atoms with Crippen molar-refractivity contribution < 1.29 is 0 Å². The third kappa shape index (κ3) is 4.05. The van der Waals surface area contributed by atoms with Crippen molar-refractivity contribution in [3.63, 3.8) is 0 Å². The van der Waals surface area contributed by atoms with Crippen LogP contribution in [0.2, 0.25) is 0 Å². The van der Waals surface area contributed by atoms with Crippen LogP contribution >= 0.6 is 15.9 Å². The molecule has 0 aliphatic rings. The maximum atomic E-state index is 8.81. The van der Waals surface area contributed by atoms with Gasteiger partial charge in [0.15, 0.2) is 0 Å². The first-order chi connectivity index (χ1) is 11.2. The Balaban J connectivity index is 1.75. The Morgan fingerprint density at radius 2 is 1.78 bits per heavy atom. The van der Waals surface area contributed by atoms with Gasteiger partial charge in [-0.2, -0.15) is 10.2 Å². The van der Waals surface area contributed by atoms with E-state index < -0.39 is 0 Å². The van der Waals surface area contributed by atoms with Gasteiger partial charge in [-0.1, -0.05) is 22.0 Å². The van der Waals surface area contributed by atoms with Crippen LogP contribution in [-0.2, 0) is 0 Å². The highest BCUT2D eigenvalue weighted by Crippen LogP contribution is 2.20. The zero-order valence-electron chi connectivity index (χ0n) is 12.0. The predicted molar refractivity (Wildman–Crippen MR) is 93.9 cm³/mol. The summed E-state index contributed by atoms with van der Waals surface area (Å²) in [6, 6.07) is 18.8. The van der Waals surface area contributed by atoms with Crippen LogP contribution < -0.4 is 10.6 Å². The lowest BCUT2D eigenvalue weighted by molar-refractivity contribution is 1.16. The Morgan fingerprint density at radius 1 is 0.957 bits per heavy atom. The highest BCUT2D eigenvalue weighted by molar-refractivity contribution is 9.10. The van der Waals surface area contributed by atoms with Gasteiger partial charge < -0.3 is 10.6 Å². The van der Waals surface area contributed by atoms with Gasteiger partial charge in [-0.3, -0.25) is 0 Å². The van der Waals surface area contributed by atoms with Crippen molar-refractivity contribution in [2.24, 2.45) is 0 Å². The summed E-state index contributed by atoms with van der Waals surface area (Å²) in [6.07, 6.45) is 1.68. The standard InChI is InChI=1S/C17H12BrN5/c18-13-2-1-3-15(10-13)21-16-8-9-20-17(23-16)22-14-6-4-12(11-19)5-7-14/h1-10H,(H2,20,21,22,23). The molecule has 3 aromatic rings. The molecule has 0 amide bonds. The molecule has 112 valence electrons. The average Bonchev–Trinajstić information content (AvgIpc) is 2.56. The van der Waals surface area contributed by atoms with E-state index in [1.807, 2.05) is 36.4 Å². The molecule has 0 bridgehead atoms. The summed E-state index contributed by atoms with van der Waals surface area (Å²) >= 11 is 3.44. The Morgan fingerprint density at radius 3 is 2.52 bits per heavy atom. The number of nitrogens with one attached hydrogen (secondary N) is 2. The number of rotatable bonds is 4. The van der Waals surface area contributed by atoms with E-state index in [0.29, 0.717) is 17.3 Å². The zero-order valence-corrected chi connectivity index (χ0v) is 13.6. The summed E-state index contributed by atoms with van der Waals surface area (Å²) in [6.45, 7) is 0. The van der Waals surface area contributed by atoms with Crippen molar-refractivity contribution in [2.45, 2.75) is 0 Å². The molecule has 0 spiro atoms. The molecule has 1 heterocycles. The molecule has 6 heteroatoms. The summed E-state index contributed by atoms with van der Waals surface area (Å²) in [5, 5.41) is 15.1. The van der Waals surface area contributed by atoms with Crippen molar-refractivity contribution in [2.75, 3.05) is 10.6 Å². The summed E-state index contributed by atoms with van der Waals surface area (Å²) in [5.41, 5.74) is 2.37. The second-order valence-corrected chi connectivity index (χ2v) is 5.63. The molecule has 0 fully saturated rings. The topological polar surface area (TPSA) is 73.6 Å². The minimum Gasteiger partial charge on any atom is -0.340 e. The van der Waals surface area contributed by atoms with Gasteiger partial charge in [0.05, 0.1) is 11.6 Å². The number of hydrogen-bond donors (Lipinski definition) is 2. The van der Waals surface area contributed by atoms with Gasteiger partial charge in [-0.05, 0) is 48.5 Å². The van der Waals surface area contributed by atoms with Crippen LogP contribution in [0.4, 0.5) is 23.1 Å². The highest BCUT2D eigenvalue weighted by Gasteiger charge is 2.02. The van der Waals surface area contributed by atoms with Crippen LogP contribution in [0.1, 0.15) is 5.56 Å². The van der Waals surface area contributed by atoms with E-state index in [4.69, 9.17) is 5.26 Å². The number of anilines is 4. The number of nitriles is 1. The lowest BCUT2D eigenvalue weighted by Crippen LogP contribution is -2.00. The lowest BCUT2D eigenvalue weighted by atomic mass is 10.2. The van der Waals surface area contributed by atoms with Crippen molar-refractivity contribution in [3.8, 4) is 6.07 Å². The Kier molecular flexibility index (Phi) is 4.50. The summed E-state index contributed by atoms with van der Waals surface area (Å²) in [7, 11) is 0. The molecule has 1 aromatic heterocycles. The lowest BCUT2D eigenvalue weighted by Gasteiger charge is -2.08. The second-order valence-electron chi connectivity index (χ2n) is 4.71. The normalized spacial score (nSPS) is 9.91. The van der Waals surface area contributed by atoms with Gasteiger partial charge in [0.2, 0.25) is 5.95 Å². The molecule has 0 radical (unpaired) electrons. The maximum Gasteiger partial charge on any atom is 0.229 e. The van der Waals surface area contributed by atoms with E-state index in [9.17, 15) is 0 Å². The first-order valence-electron chi connectivity index (χ1n) is 6.86. The average molecular weight is 366 g/mol. The summed E-state index contributed by atoms with van der Waals surface area (Å²) < 4.78 is 0.993. The molecule has 23 heavy (non-hydrogen) atoms. The number of halogens is 1. The quantitative estimate of drug-likeness (QED) is 0.706. The third-order valence-electron chi connectivity index (χ3n) is 3.02. The number of nitrogens with zero attached hydrogens (tertiary/aromatic N) is 3. The largest absolute Gasteiger partial charge is 0.340 e. The van der Waals surface area contributed by atoms with Gasteiger partial charge in [0, 0.05) is 22.0 Å². The molecule has 5 nitrogen and oxygen atoms in total. The van der Waals surface area contributed by atoms with Crippen LogP contribution in [0.3, 0.4) is 0 Å². The molecule has 0 saturated carbocycles. The van der Waals surface area contributed by atoms with Crippen molar-refractivity contribution in [1.29, 1.82) is 5.26 Å². The van der Waals surface area contributed by atoms with E-state index in [1.165, 1.54) is 0 Å². The molecule has 0 unspecified atom stereocenters. The zero-order chi connectivity index (χ0) is 16.1. The molecular formula is C17H12BrN5. The van der Waals surface area contributed by atoms with Gasteiger partial charge in [0.1, 0.15) is 5.82 Å². The fourth-order valence-corrected chi connectivity index (χ4v) is 2.36. The molecule has 0 aliphatic heterocycles. The summed E-state index contributed by atoms with van der Waals surface area (Å²) in [4.78, 5) is 8.62. The molecule has 0 saturated heterocycles. The maximum absolute atomic E-state index is 8.81. The van der Waals surface area contributed by atoms with Crippen molar-refractivity contribution >= 4 is 39.1 Å². The van der Waals surface area contributed by atoms with E-state index in [1.54, 1.807) is 24.4 Å². The fraction of sp³-hybridized carbons (Fsp3) is 0. The molecule has 3 rings (SSSR count). The number of hydrogen-bond acceptors (Lipinski definition) is 5. The van der Waals surface area contributed by atoms with E-state index in [-0.39, 0.29) is 0 Å². The number of benzene rings is 2. The second kappa shape index (κ2) is 6.90. The Hall–Kier alpha value is -2.91. The molecular weight excluding hydrogens is 354 g/mol. The fourth-order valence-electron chi connectivity index (χ4n) is 1.96. The molecule has 2 aromatic carbocycles.